The Bertz CT molecular complexity index is 389. The molecule has 5 heteroatoms. The van der Waals surface area contributed by atoms with E-state index in [0.717, 1.165) is 4.47 Å². The van der Waals surface area contributed by atoms with Crippen LogP contribution in [0, 0.1) is 6.92 Å². The molecule has 0 fully saturated rings. The summed E-state index contributed by atoms with van der Waals surface area (Å²) in [6.07, 6.45) is -1.57. The van der Waals surface area contributed by atoms with Gasteiger partial charge in [0.05, 0.1) is 7.11 Å². The van der Waals surface area contributed by atoms with Crippen molar-refractivity contribution in [3.63, 3.8) is 0 Å². The van der Waals surface area contributed by atoms with Crippen LogP contribution in [-0.2, 0) is 4.79 Å². The summed E-state index contributed by atoms with van der Waals surface area (Å²) in [5, 5.41) is 18.3. The molecular formula is C10H11BrO4. The van der Waals surface area contributed by atoms with Gasteiger partial charge in [-0.25, -0.2) is 4.79 Å². The first-order valence-corrected chi connectivity index (χ1v) is 5.02. The molecule has 1 aromatic rings. The van der Waals surface area contributed by atoms with E-state index in [1.807, 2.05) is 0 Å². The van der Waals surface area contributed by atoms with Crippen LogP contribution in [-0.4, -0.2) is 23.3 Å². The number of hydrogen-bond acceptors (Lipinski definition) is 3. The fraction of sp³-hybridized carbons (Fsp3) is 0.300. The van der Waals surface area contributed by atoms with Gasteiger partial charge >= 0.3 is 5.97 Å². The minimum absolute atomic E-state index is 0.277. The lowest BCUT2D eigenvalue weighted by Gasteiger charge is -2.15. The second-order valence-corrected chi connectivity index (χ2v) is 3.88. The first-order valence-electron chi connectivity index (χ1n) is 4.23. The SMILES string of the molecule is COc1ccc(Br)c(C)c1C(O)C(=O)O. The van der Waals surface area contributed by atoms with Gasteiger partial charge in [-0.15, -0.1) is 0 Å². The molecule has 0 aliphatic heterocycles. The molecule has 15 heavy (non-hydrogen) atoms. The normalized spacial score (nSPS) is 12.3. The lowest BCUT2D eigenvalue weighted by molar-refractivity contribution is -0.147. The Morgan fingerprint density at radius 2 is 2.13 bits per heavy atom. The van der Waals surface area contributed by atoms with E-state index in [2.05, 4.69) is 15.9 Å². The number of aliphatic carboxylic acids is 1. The molecule has 2 N–H and O–H groups in total. The van der Waals surface area contributed by atoms with Crippen LogP contribution < -0.4 is 4.74 Å². The quantitative estimate of drug-likeness (QED) is 0.883. The zero-order valence-corrected chi connectivity index (χ0v) is 9.91. The maximum absolute atomic E-state index is 10.7. The predicted molar refractivity (Wildman–Crippen MR) is 58.0 cm³/mol. The molecule has 1 aromatic carbocycles. The first kappa shape index (κ1) is 12.0. The summed E-state index contributed by atoms with van der Waals surface area (Å²) in [6, 6.07) is 3.35. The van der Waals surface area contributed by atoms with Gasteiger partial charge in [0.1, 0.15) is 5.75 Å². The van der Waals surface area contributed by atoms with Crippen molar-refractivity contribution in [1.82, 2.24) is 0 Å². The van der Waals surface area contributed by atoms with Crippen molar-refractivity contribution < 1.29 is 19.7 Å². The van der Waals surface area contributed by atoms with E-state index in [0.29, 0.717) is 11.3 Å². The highest BCUT2D eigenvalue weighted by Gasteiger charge is 2.23. The van der Waals surface area contributed by atoms with Crippen molar-refractivity contribution >= 4 is 21.9 Å². The average molecular weight is 275 g/mol. The Morgan fingerprint density at radius 1 is 1.53 bits per heavy atom. The number of halogens is 1. The Morgan fingerprint density at radius 3 is 2.60 bits per heavy atom. The summed E-state index contributed by atoms with van der Waals surface area (Å²) in [7, 11) is 1.43. The highest BCUT2D eigenvalue weighted by Crippen LogP contribution is 2.33. The Labute approximate surface area is 95.6 Å². The third-order valence-electron chi connectivity index (χ3n) is 2.14. The Kier molecular flexibility index (Phi) is 3.71. The van der Waals surface area contributed by atoms with Gasteiger partial charge in [0.15, 0.2) is 6.10 Å². The van der Waals surface area contributed by atoms with E-state index in [1.54, 1.807) is 19.1 Å². The zero-order chi connectivity index (χ0) is 11.6. The fourth-order valence-electron chi connectivity index (χ4n) is 1.32. The van der Waals surface area contributed by atoms with E-state index >= 15 is 0 Å². The molecule has 0 heterocycles. The number of carboxylic acid groups (broad SMARTS) is 1. The van der Waals surface area contributed by atoms with Crippen LogP contribution in [0.2, 0.25) is 0 Å². The van der Waals surface area contributed by atoms with Crippen molar-refractivity contribution in [2.24, 2.45) is 0 Å². The molecule has 0 bridgehead atoms. The molecule has 0 aliphatic carbocycles. The molecule has 0 aromatic heterocycles. The van der Waals surface area contributed by atoms with Gasteiger partial charge in [-0.2, -0.15) is 0 Å². The van der Waals surface area contributed by atoms with Gasteiger partial charge in [-0.3, -0.25) is 0 Å². The summed E-state index contributed by atoms with van der Waals surface area (Å²) in [6.45, 7) is 1.72. The molecule has 0 saturated carbocycles. The summed E-state index contributed by atoms with van der Waals surface area (Å²) in [5.74, 6) is -0.930. The molecule has 82 valence electrons. The number of rotatable bonds is 3. The maximum Gasteiger partial charge on any atom is 0.337 e. The summed E-state index contributed by atoms with van der Waals surface area (Å²) in [4.78, 5) is 10.7. The molecule has 4 nitrogen and oxygen atoms in total. The summed E-state index contributed by atoms with van der Waals surface area (Å²) < 4.78 is 5.74. The van der Waals surface area contributed by atoms with Gasteiger partial charge in [-0.05, 0) is 24.6 Å². The van der Waals surface area contributed by atoms with Crippen molar-refractivity contribution in [1.29, 1.82) is 0 Å². The van der Waals surface area contributed by atoms with E-state index in [1.165, 1.54) is 7.11 Å². The molecule has 1 atom stereocenters. The van der Waals surface area contributed by atoms with Gasteiger partial charge < -0.3 is 14.9 Å². The number of carboxylic acids is 1. The number of aliphatic hydroxyl groups is 1. The van der Waals surface area contributed by atoms with Crippen molar-refractivity contribution in [3.8, 4) is 5.75 Å². The molecule has 0 radical (unpaired) electrons. The van der Waals surface area contributed by atoms with Crippen molar-refractivity contribution in [2.45, 2.75) is 13.0 Å². The predicted octanol–water partition coefficient (Wildman–Crippen LogP) is 1.88. The summed E-state index contributed by atoms with van der Waals surface area (Å²) >= 11 is 3.27. The van der Waals surface area contributed by atoms with E-state index in [4.69, 9.17) is 9.84 Å². The lowest BCUT2D eigenvalue weighted by atomic mass is 10.0. The van der Waals surface area contributed by atoms with Gasteiger partial charge in [0.25, 0.3) is 0 Å². The Hall–Kier alpha value is -1.07. The monoisotopic (exact) mass is 274 g/mol. The number of carbonyl (C=O) groups is 1. The third kappa shape index (κ3) is 2.30. The van der Waals surface area contributed by atoms with Gasteiger partial charge in [-0.1, -0.05) is 15.9 Å². The number of hydrogen-bond donors (Lipinski definition) is 2. The highest BCUT2D eigenvalue weighted by atomic mass is 79.9. The maximum atomic E-state index is 10.7. The highest BCUT2D eigenvalue weighted by molar-refractivity contribution is 9.10. The number of methoxy groups -OCH3 is 1. The molecule has 0 spiro atoms. The fourth-order valence-corrected chi connectivity index (χ4v) is 1.66. The van der Waals surface area contributed by atoms with Crippen molar-refractivity contribution in [3.05, 3.63) is 27.7 Å². The first-order chi connectivity index (χ1) is 6.99. The third-order valence-corrected chi connectivity index (χ3v) is 3.00. The second-order valence-electron chi connectivity index (χ2n) is 3.03. The van der Waals surface area contributed by atoms with Gasteiger partial charge in [0, 0.05) is 10.0 Å². The van der Waals surface area contributed by atoms with Crippen LogP contribution in [0.3, 0.4) is 0 Å². The lowest BCUT2D eigenvalue weighted by Crippen LogP contribution is -2.13. The van der Waals surface area contributed by atoms with Gasteiger partial charge in [0.2, 0.25) is 0 Å². The number of ether oxygens (including phenoxy) is 1. The number of aliphatic hydroxyl groups excluding tert-OH is 1. The number of benzene rings is 1. The van der Waals surface area contributed by atoms with E-state index < -0.39 is 12.1 Å². The molecule has 0 aliphatic rings. The molecule has 1 rings (SSSR count). The largest absolute Gasteiger partial charge is 0.496 e. The van der Waals surface area contributed by atoms with Crippen LogP contribution in [0.5, 0.6) is 5.75 Å². The topological polar surface area (TPSA) is 66.8 Å². The van der Waals surface area contributed by atoms with Crippen molar-refractivity contribution in [2.75, 3.05) is 7.11 Å². The molecule has 1 unspecified atom stereocenters. The molecule has 0 saturated heterocycles. The van der Waals surface area contributed by atoms with Crippen LogP contribution in [0.15, 0.2) is 16.6 Å². The Balaban J connectivity index is 3.35. The second kappa shape index (κ2) is 4.63. The minimum atomic E-state index is -1.57. The minimum Gasteiger partial charge on any atom is -0.496 e. The van der Waals surface area contributed by atoms with Crippen LogP contribution in [0.1, 0.15) is 17.2 Å². The van der Waals surface area contributed by atoms with Crippen LogP contribution in [0.4, 0.5) is 0 Å². The molecule has 0 amide bonds. The van der Waals surface area contributed by atoms with E-state index in [9.17, 15) is 9.90 Å². The average Bonchev–Trinajstić information content (AvgIpc) is 2.20. The summed E-state index contributed by atoms with van der Waals surface area (Å²) in [5.41, 5.74) is 0.934. The molecular weight excluding hydrogens is 264 g/mol. The van der Waals surface area contributed by atoms with Crippen LogP contribution in [0.25, 0.3) is 0 Å². The zero-order valence-electron chi connectivity index (χ0n) is 8.32. The standard InChI is InChI=1S/C10H11BrO4/c1-5-6(11)3-4-7(15-2)8(5)9(12)10(13)14/h3-4,9,12H,1-2H3,(H,13,14). The smallest absolute Gasteiger partial charge is 0.337 e. The van der Waals surface area contributed by atoms with E-state index in [-0.39, 0.29) is 5.56 Å². The van der Waals surface area contributed by atoms with Crippen LogP contribution >= 0.6 is 15.9 Å².